The first-order chi connectivity index (χ1) is 27.6. The highest BCUT2D eigenvalue weighted by Gasteiger charge is 2.29. The molecule has 0 fully saturated rings. The molecule has 8 aromatic carbocycles. The minimum absolute atomic E-state index is 0.821. The molecule has 0 aliphatic heterocycles. The molecule has 0 amide bonds. The van der Waals surface area contributed by atoms with E-state index < -0.39 is 7.14 Å². The maximum absolute atomic E-state index is 15.2. The fraction of sp³-hybridized carbons (Fsp3) is 0. The lowest BCUT2D eigenvalue weighted by molar-refractivity contribution is 0.592. The summed E-state index contributed by atoms with van der Waals surface area (Å²) in [6.07, 6.45) is 0. The predicted octanol–water partition coefficient (Wildman–Crippen LogP) is 13.6. The van der Waals surface area contributed by atoms with Gasteiger partial charge in [0, 0.05) is 62.5 Å². The highest BCUT2D eigenvalue weighted by atomic mass is 32.1. The predicted molar refractivity (Wildman–Crippen MR) is 243 cm³/mol. The van der Waals surface area contributed by atoms with Crippen LogP contribution in [-0.4, -0.2) is 4.98 Å². The van der Waals surface area contributed by atoms with Gasteiger partial charge in [-0.15, -0.1) is 22.7 Å². The van der Waals surface area contributed by atoms with Crippen LogP contribution in [0.5, 0.6) is 0 Å². The lowest BCUT2D eigenvalue weighted by atomic mass is 9.98. The van der Waals surface area contributed by atoms with Crippen molar-refractivity contribution in [3.8, 4) is 33.5 Å². The quantitative estimate of drug-likeness (QED) is 0.158. The fourth-order valence-corrected chi connectivity index (χ4v) is 13.2. The molecule has 0 aliphatic rings. The average Bonchev–Trinajstić information content (AvgIpc) is 3.85. The van der Waals surface area contributed by atoms with E-state index in [1.54, 1.807) is 0 Å². The molecule has 56 heavy (non-hydrogen) atoms. The van der Waals surface area contributed by atoms with E-state index >= 15 is 4.57 Å². The van der Waals surface area contributed by atoms with E-state index in [0.29, 0.717) is 0 Å². The SMILES string of the molecule is O=P(c1ccccc1)(c1ccccc1)c1cccc(-c2ccc(-c3nc4cc(-c5ccc6sc7ccccc7c6c5)ccc4c4c3sc3ccccc34)cc2)c1. The second kappa shape index (κ2) is 13.3. The molecule has 0 N–H and O–H groups in total. The smallest absolute Gasteiger partial charge is 0.171 e. The number of hydrogen-bond donors (Lipinski definition) is 0. The monoisotopic (exact) mass is 769 g/mol. The average molecular weight is 770 g/mol. The molecule has 264 valence electrons. The van der Waals surface area contributed by atoms with Gasteiger partial charge in [0.05, 0.1) is 15.9 Å². The molecule has 5 heteroatoms. The van der Waals surface area contributed by atoms with Gasteiger partial charge < -0.3 is 4.57 Å². The molecule has 0 aliphatic carbocycles. The van der Waals surface area contributed by atoms with Crippen LogP contribution in [0.4, 0.5) is 0 Å². The summed E-state index contributed by atoms with van der Waals surface area (Å²) in [6.45, 7) is 0. The van der Waals surface area contributed by atoms with E-state index in [-0.39, 0.29) is 0 Å². The summed E-state index contributed by atoms with van der Waals surface area (Å²) in [5.74, 6) is 0. The zero-order valence-corrected chi connectivity index (χ0v) is 32.6. The maximum atomic E-state index is 15.2. The molecule has 0 atom stereocenters. The Bertz CT molecular complexity index is 3290. The van der Waals surface area contributed by atoms with Crippen LogP contribution < -0.4 is 15.9 Å². The van der Waals surface area contributed by atoms with Gasteiger partial charge in [0.15, 0.2) is 7.14 Å². The lowest BCUT2D eigenvalue weighted by Crippen LogP contribution is -2.25. The molecule has 0 radical (unpaired) electrons. The number of nitrogens with zero attached hydrogens (tertiary/aromatic N) is 1. The molecule has 0 bridgehead atoms. The molecule has 3 heterocycles. The fourth-order valence-electron chi connectivity index (χ4n) is 8.19. The third-order valence-corrected chi connectivity index (χ3v) is 16.3. The molecule has 0 unspecified atom stereocenters. The van der Waals surface area contributed by atoms with E-state index in [1.807, 2.05) is 95.5 Å². The van der Waals surface area contributed by atoms with Crippen molar-refractivity contribution in [3.63, 3.8) is 0 Å². The van der Waals surface area contributed by atoms with Gasteiger partial charge in [0.2, 0.25) is 0 Å². The summed E-state index contributed by atoms with van der Waals surface area (Å²) in [6, 6.07) is 67.7. The number of fused-ring (bicyclic) bond motifs is 8. The number of thiophene rings is 2. The van der Waals surface area contributed by atoms with Crippen LogP contribution in [0.3, 0.4) is 0 Å². The Morgan fingerprint density at radius 2 is 0.929 bits per heavy atom. The summed E-state index contributed by atoms with van der Waals surface area (Å²) in [5, 5.41) is 8.77. The molecule has 2 nitrogen and oxygen atoms in total. The molecule has 0 saturated carbocycles. The third-order valence-electron chi connectivity index (χ3n) is 11.0. The van der Waals surface area contributed by atoms with Gasteiger partial charge in [-0.05, 0) is 58.7 Å². The Kier molecular flexibility index (Phi) is 7.86. The second-order valence-corrected chi connectivity index (χ2v) is 19.1. The van der Waals surface area contributed by atoms with Crippen molar-refractivity contribution >= 4 is 97.0 Å². The molecule has 11 rings (SSSR count). The van der Waals surface area contributed by atoms with Crippen molar-refractivity contribution in [2.75, 3.05) is 0 Å². The standard InChI is InChI=1S/C51H32NOPS2/c53-54(38-13-3-1-4-14-38,39-15-5-2-6-16-39)40-17-11-12-35(30-40)33-22-24-34(25-23-33)50-51-49(43-19-8-10-21-47(43)56-51)42-28-26-37(32-45(42)52-50)36-27-29-48-44(31-36)41-18-7-9-20-46(41)55-48/h1-32H. The van der Waals surface area contributed by atoms with E-state index in [1.165, 1.54) is 51.3 Å². The van der Waals surface area contributed by atoms with Gasteiger partial charge >= 0.3 is 0 Å². The first kappa shape index (κ1) is 33.2. The van der Waals surface area contributed by atoms with Crippen molar-refractivity contribution in [2.24, 2.45) is 0 Å². The molecular weight excluding hydrogens is 738 g/mol. The summed E-state index contributed by atoms with van der Waals surface area (Å²) in [4.78, 5) is 5.45. The highest BCUT2D eigenvalue weighted by molar-refractivity contribution is 7.85. The van der Waals surface area contributed by atoms with Gasteiger partial charge in [0.1, 0.15) is 0 Å². The van der Waals surface area contributed by atoms with Gasteiger partial charge in [-0.2, -0.15) is 0 Å². The van der Waals surface area contributed by atoms with Crippen LogP contribution in [0.15, 0.2) is 194 Å². The number of benzene rings is 8. The Morgan fingerprint density at radius 3 is 1.68 bits per heavy atom. The van der Waals surface area contributed by atoms with Gasteiger partial charge in [-0.25, -0.2) is 4.98 Å². The van der Waals surface area contributed by atoms with E-state index in [4.69, 9.17) is 4.98 Å². The van der Waals surface area contributed by atoms with Crippen molar-refractivity contribution in [3.05, 3.63) is 194 Å². The normalized spacial score (nSPS) is 12.0. The van der Waals surface area contributed by atoms with E-state index in [2.05, 4.69) is 121 Å². The van der Waals surface area contributed by atoms with Crippen molar-refractivity contribution in [2.45, 2.75) is 0 Å². The first-order valence-corrected chi connectivity index (χ1v) is 22.1. The zero-order chi connectivity index (χ0) is 37.2. The topological polar surface area (TPSA) is 30.0 Å². The molecule has 11 aromatic rings. The van der Waals surface area contributed by atoms with Crippen molar-refractivity contribution < 1.29 is 4.57 Å². The highest BCUT2D eigenvalue weighted by Crippen LogP contribution is 2.45. The first-order valence-electron chi connectivity index (χ1n) is 18.7. The molecule has 0 spiro atoms. The molecule has 0 saturated heterocycles. The number of aromatic nitrogens is 1. The van der Waals surface area contributed by atoms with Crippen LogP contribution in [-0.2, 0) is 4.57 Å². The molecular formula is C51H32NOPS2. The number of rotatable bonds is 6. The summed E-state index contributed by atoms with van der Waals surface area (Å²) in [5.41, 5.74) is 7.48. The summed E-state index contributed by atoms with van der Waals surface area (Å²) in [7, 11) is -3.10. The van der Waals surface area contributed by atoms with Gasteiger partial charge in [-0.1, -0.05) is 158 Å². The minimum atomic E-state index is -3.10. The van der Waals surface area contributed by atoms with Crippen LogP contribution in [0.2, 0.25) is 0 Å². The van der Waals surface area contributed by atoms with Crippen LogP contribution in [0.25, 0.3) is 84.8 Å². The van der Waals surface area contributed by atoms with Crippen LogP contribution >= 0.6 is 29.8 Å². The second-order valence-electron chi connectivity index (χ2n) is 14.2. The Hall–Kier alpha value is -6.16. The summed E-state index contributed by atoms with van der Waals surface area (Å²) < 4.78 is 20.2. The van der Waals surface area contributed by atoms with Gasteiger partial charge in [-0.3, -0.25) is 0 Å². The molecule has 3 aromatic heterocycles. The third kappa shape index (κ3) is 5.37. The Labute approximate surface area is 332 Å². The van der Waals surface area contributed by atoms with Crippen molar-refractivity contribution in [1.29, 1.82) is 0 Å². The lowest BCUT2D eigenvalue weighted by Gasteiger charge is -2.20. The van der Waals surface area contributed by atoms with E-state index in [0.717, 1.165) is 49.4 Å². The maximum Gasteiger partial charge on any atom is 0.171 e. The largest absolute Gasteiger partial charge is 0.309 e. The Morgan fingerprint density at radius 1 is 0.375 bits per heavy atom. The van der Waals surface area contributed by atoms with E-state index in [9.17, 15) is 0 Å². The van der Waals surface area contributed by atoms with Gasteiger partial charge in [0.25, 0.3) is 0 Å². The van der Waals surface area contributed by atoms with Crippen LogP contribution in [0, 0.1) is 0 Å². The minimum Gasteiger partial charge on any atom is -0.309 e. The van der Waals surface area contributed by atoms with Crippen LogP contribution in [0.1, 0.15) is 0 Å². The summed E-state index contributed by atoms with van der Waals surface area (Å²) >= 11 is 3.66. The number of hydrogen-bond acceptors (Lipinski definition) is 4. The Balaban J connectivity index is 1.03. The zero-order valence-electron chi connectivity index (χ0n) is 30.1. The number of pyridine rings is 1. The van der Waals surface area contributed by atoms with Crippen molar-refractivity contribution in [1.82, 2.24) is 4.98 Å².